The number of aliphatic hydroxyl groups excluding tert-OH is 1. The van der Waals surface area contributed by atoms with Crippen LogP contribution in [0.15, 0.2) is 0 Å². The van der Waals surface area contributed by atoms with Crippen molar-refractivity contribution in [2.24, 2.45) is 11.8 Å². The second kappa shape index (κ2) is 3.97. The Labute approximate surface area is 98.1 Å². The molecular weight excluding hydrogens is 204 g/mol. The summed E-state index contributed by atoms with van der Waals surface area (Å²) in [6, 6.07) is 0. The fourth-order valence-electron chi connectivity index (χ4n) is 3.34. The molecule has 2 rings (SSSR count). The highest BCUT2D eigenvalue weighted by Gasteiger charge is 2.55. The van der Waals surface area contributed by atoms with Crippen molar-refractivity contribution in [2.75, 3.05) is 6.61 Å². The Bertz CT molecular complexity index is 254. The summed E-state index contributed by atoms with van der Waals surface area (Å²) in [7, 11) is 0. The third-order valence-electron chi connectivity index (χ3n) is 4.42. The molecule has 3 heteroatoms. The van der Waals surface area contributed by atoms with Gasteiger partial charge in [-0.15, -0.1) is 0 Å². The topological polar surface area (TPSA) is 38.7 Å². The average molecular weight is 228 g/mol. The molecule has 0 aliphatic carbocycles. The van der Waals surface area contributed by atoms with Crippen LogP contribution >= 0.6 is 0 Å². The summed E-state index contributed by atoms with van der Waals surface area (Å²) in [5.74, 6) is 1.01. The molecule has 0 aromatic rings. The zero-order valence-electron chi connectivity index (χ0n) is 10.8. The van der Waals surface area contributed by atoms with Gasteiger partial charge < -0.3 is 14.6 Å². The first-order chi connectivity index (χ1) is 7.40. The second-order valence-electron chi connectivity index (χ2n) is 6.02. The lowest BCUT2D eigenvalue weighted by Crippen LogP contribution is -2.44. The maximum atomic E-state index is 9.50. The van der Waals surface area contributed by atoms with Crippen molar-refractivity contribution in [2.45, 2.75) is 64.4 Å². The summed E-state index contributed by atoms with van der Waals surface area (Å²) in [6.07, 6.45) is 2.10. The van der Waals surface area contributed by atoms with Gasteiger partial charge in [0.05, 0.1) is 17.8 Å². The molecule has 2 fully saturated rings. The monoisotopic (exact) mass is 228 g/mol. The maximum Gasteiger partial charge on any atom is 0.157 e. The van der Waals surface area contributed by atoms with Crippen LogP contribution in [0.3, 0.4) is 0 Å². The minimum Gasteiger partial charge on any atom is -0.368 e. The highest BCUT2D eigenvalue weighted by molar-refractivity contribution is 5.02. The van der Waals surface area contributed by atoms with Gasteiger partial charge >= 0.3 is 0 Å². The Balaban J connectivity index is 2.16. The van der Waals surface area contributed by atoms with Crippen molar-refractivity contribution in [3.05, 3.63) is 0 Å². The largest absolute Gasteiger partial charge is 0.368 e. The Kier molecular flexibility index (Phi) is 3.06. The molecule has 2 aliphatic rings. The number of rotatable bonds is 2. The quantitative estimate of drug-likeness (QED) is 0.788. The summed E-state index contributed by atoms with van der Waals surface area (Å²) in [4.78, 5) is 0. The van der Waals surface area contributed by atoms with Crippen LogP contribution in [0.25, 0.3) is 0 Å². The fourth-order valence-corrected chi connectivity index (χ4v) is 3.34. The van der Waals surface area contributed by atoms with Gasteiger partial charge in [0.25, 0.3) is 0 Å². The fraction of sp³-hybridized carbons (Fsp3) is 1.00. The van der Waals surface area contributed by atoms with Crippen molar-refractivity contribution < 1.29 is 14.6 Å². The van der Waals surface area contributed by atoms with Crippen LogP contribution in [0, 0.1) is 11.8 Å². The van der Waals surface area contributed by atoms with Gasteiger partial charge in [-0.2, -0.15) is 0 Å². The number of aliphatic hydroxyl groups is 1. The van der Waals surface area contributed by atoms with Crippen molar-refractivity contribution in [3.63, 3.8) is 0 Å². The smallest absolute Gasteiger partial charge is 0.157 e. The molecule has 0 unspecified atom stereocenters. The van der Waals surface area contributed by atoms with E-state index in [1.807, 2.05) is 0 Å². The van der Waals surface area contributed by atoms with Gasteiger partial charge in [0, 0.05) is 6.42 Å². The first-order valence-electron chi connectivity index (χ1n) is 6.40. The van der Waals surface area contributed by atoms with Crippen LogP contribution in [-0.2, 0) is 9.47 Å². The molecule has 2 atom stereocenters. The first kappa shape index (κ1) is 12.3. The predicted molar refractivity (Wildman–Crippen MR) is 62.0 cm³/mol. The summed E-state index contributed by atoms with van der Waals surface area (Å²) < 4.78 is 11.7. The van der Waals surface area contributed by atoms with Crippen LogP contribution in [0.1, 0.15) is 47.0 Å². The van der Waals surface area contributed by atoms with Crippen LogP contribution in [0.4, 0.5) is 0 Å². The minimum absolute atomic E-state index is 0.0343. The van der Waals surface area contributed by atoms with E-state index in [0.717, 1.165) is 12.8 Å². The highest BCUT2D eigenvalue weighted by Crippen LogP contribution is 2.50. The van der Waals surface area contributed by atoms with Gasteiger partial charge in [0.15, 0.2) is 6.29 Å². The lowest BCUT2D eigenvalue weighted by molar-refractivity contribution is -0.148. The molecule has 0 saturated carbocycles. The van der Waals surface area contributed by atoms with Crippen molar-refractivity contribution >= 4 is 0 Å². The summed E-state index contributed by atoms with van der Waals surface area (Å²) >= 11 is 0. The van der Waals surface area contributed by atoms with Gasteiger partial charge in [-0.05, 0) is 24.7 Å². The molecule has 2 saturated heterocycles. The normalized spacial score (nSPS) is 38.1. The van der Waals surface area contributed by atoms with E-state index < -0.39 is 6.29 Å². The van der Waals surface area contributed by atoms with Crippen LogP contribution < -0.4 is 0 Å². The standard InChI is InChI=1S/C13H24O3/c1-9(2)13(10(3)4)6-5-12(16-13)7-11(14)15-8-12/h9-11,14H,5-8H2,1-4H3/t11-,12-/m0/s1. The van der Waals surface area contributed by atoms with Gasteiger partial charge in [-0.25, -0.2) is 0 Å². The third kappa shape index (κ3) is 1.79. The minimum atomic E-state index is -0.630. The van der Waals surface area contributed by atoms with E-state index in [4.69, 9.17) is 9.47 Å². The van der Waals surface area contributed by atoms with E-state index in [-0.39, 0.29) is 11.2 Å². The van der Waals surface area contributed by atoms with Gasteiger partial charge in [0.1, 0.15) is 0 Å². The number of hydrogen-bond acceptors (Lipinski definition) is 3. The molecule has 1 N–H and O–H groups in total. The Morgan fingerprint density at radius 3 is 2.12 bits per heavy atom. The summed E-state index contributed by atoms with van der Waals surface area (Å²) in [5, 5.41) is 9.50. The maximum absolute atomic E-state index is 9.50. The van der Waals surface area contributed by atoms with Gasteiger partial charge in [-0.3, -0.25) is 0 Å². The second-order valence-corrected chi connectivity index (χ2v) is 6.02. The molecule has 1 spiro atoms. The zero-order chi connectivity index (χ0) is 12.0. The van der Waals surface area contributed by atoms with Gasteiger partial charge in [0.2, 0.25) is 0 Å². The molecule has 2 heterocycles. The average Bonchev–Trinajstić information content (AvgIpc) is 2.73. The highest BCUT2D eigenvalue weighted by atomic mass is 16.6. The molecule has 94 valence electrons. The SMILES string of the molecule is CC(C)C1(C(C)C)CC[C@]2(CO[C@H](O)C2)O1. The molecule has 3 nitrogen and oxygen atoms in total. The van der Waals surface area contributed by atoms with E-state index in [1.54, 1.807) is 0 Å². The number of hydrogen-bond donors (Lipinski definition) is 1. The van der Waals surface area contributed by atoms with Crippen molar-refractivity contribution in [1.82, 2.24) is 0 Å². The van der Waals surface area contributed by atoms with Crippen LogP contribution in [-0.4, -0.2) is 29.2 Å². The molecule has 0 amide bonds. The zero-order valence-corrected chi connectivity index (χ0v) is 10.8. The van der Waals surface area contributed by atoms with E-state index in [2.05, 4.69) is 27.7 Å². The summed E-state index contributed by atoms with van der Waals surface area (Å²) in [5.41, 5.74) is -0.249. The van der Waals surface area contributed by atoms with Gasteiger partial charge in [-0.1, -0.05) is 27.7 Å². The lowest BCUT2D eigenvalue weighted by Gasteiger charge is -2.39. The Morgan fingerprint density at radius 1 is 1.12 bits per heavy atom. The van der Waals surface area contributed by atoms with Crippen LogP contribution in [0.2, 0.25) is 0 Å². The summed E-state index contributed by atoms with van der Waals surface area (Å²) in [6.45, 7) is 9.46. The lowest BCUT2D eigenvalue weighted by atomic mass is 9.78. The van der Waals surface area contributed by atoms with Crippen molar-refractivity contribution in [1.29, 1.82) is 0 Å². The van der Waals surface area contributed by atoms with E-state index >= 15 is 0 Å². The molecular formula is C13H24O3. The third-order valence-corrected chi connectivity index (χ3v) is 4.42. The van der Waals surface area contributed by atoms with E-state index in [9.17, 15) is 5.11 Å². The molecule has 2 aliphatic heterocycles. The van der Waals surface area contributed by atoms with Crippen molar-refractivity contribution in [3.8, 4) is 0 Å². The number of ether oxygens (including phenoxy) is 2. The van der Waals surface area contributed by atoms with E-state index in [1.165, 1.54) is 0 Å². The Morgan fingerprint density at radius 2 is 1.75 bits per heavy atom. The molecule has 0 radical (unpaired) electrons. The van der Waals surface area contributed by atoms with E-state index in [0.29, 0.717) is 24.9 Å². The van der Waals surface area contributed by atoms with Crippen LogP contribution in [0.5, 0.6) is 0 Å². The first-order valence-corrected chi connectivity index (χ1v) is 6.40. The Hall–Kier alpha value is -0.120. The molecule has 0 aromatic carbocycles. The molecule has 0 bridgehead atoms. The molecule has 16 heavy (non-hydrogen) atoms. The molecule has 0 aromatic heterocycles. The predicted octanol–water partition coefficient (Wildman–Crippen LogP) is 2.33.